The summed E-state index contributed by atoms with van der Waals surface area (Å²) >= 11 is 0. The Kier molecular flexibility index (Phi) is 6.62. The van der Waals surface area contributed by atoms with Gasteiger partial charge in [0, 0.05) is 0 Å². The molecule has 140 valence electrons. The molecule has 0 heterocycles. The van der Waals surface area contributed by atoms with Gasteiger partial charge in [0.1, 0.15) is 0 Å². The molecular weight excluding hydrogens is 292 g/mol. The number of hydrogen-bond acceptors (Lipinski definition) is 1. The van der Waals surface area contributed by atoms with Gasteiger partial charge < -0.3 is 5.11 Å². The molecule has 0 spiro atoms. The second kappa shape index (κ2) is 7.94. The first kappa shape index (κ1) is 20.0. The quantitative estimate of drug-likeness (QED) is 0.561. The van der Waals surface area contributed by atoms with Crippen molar-refractivity contribution in [1.29, 1.82) is 0 Å². The Balaban J connectivity index is 2.31. The molecule has 0 saturated heterocycles. The van der Waals surface area contributed by atoms with E-state index in [1.165, 1.54) is 50.5 Å². The topological polar surface area (TPSA) is 20.2 Å². The maximum absolute atomic E-state index is 9.18. The fraction of sp³-hybridized carbons (Fsp3) is 0.913. The van der Waals surface area contributed by atoms with Crippen LogP contribution in [0.5, 0.6) is 0 Å². The molecule has 2 rings (SSSR count). The van der Waals surface area contributed by atoms with Crippen LogP contribution in [0.15, 0.2) is 11.6 Å². The summed E-state index contributed by atoms with van der Waals surface area (Å²) in [6, 6.07) is 0. The van der Waals surface area contributed by atoms with Crippen LogP contribution in [0.3, 0.4) is 0 Å². The van der Waals surface area contributed by atoms with Crippen molar-refractivity contribution in [3.05, 3.63) is 11.6 Å². The minimum atomic E-state index is 0.191. The van der Waals surface area contributed by atoms with Gasteiger partial charge in [-0.3, -0.25) is 0 Å². The van der Waals surface area contributed by atoms with Crippen LogP contribution in [0, 0.1) is 34.5 Å². The molecule has 2 unspecified atom stereocenters. The van der Waals surface area contributed by atoms with Gasteiger partial charge in [-0.1, -0.05) is 59.1 Å². The standard InChI is InChI=1S/C23H42O/c1-7-19-10-12-21-22(4,5)14-8-15-23(21,6)20(18(19)3)11-9-17(2)13-16-24/h13,18-21,24H,7-12,14-16H2,1-6H3/b17-13+/t18?,19?,20-,21-,23+/m0/s1. The Morgan fingerprint density at radius 1 is 1.17 bits per heavy atom. The molecule has 1 nitrogen and oxygen atoms in total. The van der Waals surface area contributed by atoms with Gasteiger partial charge in [-0.05, 0) is 80.0 Å². The lowest BCUT2D eigenvalue weighted by Gasteiger charge is -2.55. The van der Waals surface area contributed by atoms with E-state index in [0.29, 0.717) is 10.8 Å². The summed E-state index contributed by atoms with van der Waals surface area (Å²) in [4.78, 5) is 0. The van der Waals surface area contributed by atoms with Crippen LogP contribution >= 0.6 is 0 Å². The zero-order chi connectivity index (χ0) is 18.0. The Hall–Kier alpha value is -0.300. The van der Waals surface area contributed by atoms with Crippen molar-refractivity contribution in [3.63, 3.8) is 0 Å². The molecule has 2 aliphatic carbocycles. The second-order valence-electron chi connectivity index (χ2n) is 9.88. The summed E-state index contributed by atoms with van der Waals surface area (Å²) in [7, 11) is 0. The first-order valence-electron chi connectivity index (χ1n) is 10.5. The molecule has 0 bridgehead atoms. The summed E-state index contributed by atoms with van der Waals surface area (Å²) in [5.74, 6) is 3.44. The third-order valence-electron chi connectivity index (χ3n) is 8.14. The van der Waals surface area contributed by atoms with Gasteiger partial charge in [0.2, 0.25) is 0 Å². The average molecular weight is 335 g/mol. The Morgan fingerprint density at radius 2 is 1.88 bits per heavy atom. The van der Waals surface area contributed by atoms with E-state index < -0.39 is 0 Å². The third-order valence-corrected chi connectivity index (χ3v) is 8.14. The summed E-state index contributed by atoms with van der Waals surface area (Å²) in [6.45, 7) is 15.1. The maximum atomic E-state index is 9.18. The van der Waals surface area contributed by atoms with Crippen molar-refractivity contribution >= 4 is 0 Å². The van der Waals surface area contributed by atoms with Gasteiger partial charge in [-0.25, -0.2) is 0 Å². The van der Waals surface area contributed by atoms with Gasteiger partial charge >= 0.3 is 0 Å². The highest BCUT2D eigenvalue weighted by Crippen LogP contribution is 2.61. The van der Waals surface area contributed by atoms with Crippen LogP contribution in [0.1, 0.15) is 92.9 Å². The van der Waals surface area contributed by atoms with E-state index in [1.54, 1.807) is 0 Å². The molecule has 0 amide bonds. The predicted molar refractivity (Wildman–Crippen MR) is 105 cm³/mol. The molecule has 0 aromatic rings. The summed E-state index contributed by atoms with van der Waals surface area (Å²) in [5, 5.41) is 9.18. The van der Waals surface area contributed by atoms with Gasteiger partial charge in [-0.15, -0.1) is 0 Å². The monoisotopic (exact) mass is 334 g/mol. The highest BCUT2D eigenvalue weighted by molar-refractivity contribution is 5.05. The SMILES string of the molecule is CCC1CC[C@H]2C(C)(C)CCC[C@]2(C)[C@@H](CC/C(C)=C/CO)C1C. The third kappa shape index (κ3) is 3.92. The number of aliphatic hydroxyl groups excluding tert-OH is 1. The first-order chi connectivity index (χ1) is 11.3. The fourth-order valence-corrected chi connectivity index (χ4v) is 6.71. The number of rotatable bonds is 5. The van der Waals surface area contributed by atoms with Crippen molar-refractivity contribution in [3.8, 4) is 0 Å². The van der Waals surface area contributed by atoms with Crippen LogP contribution in [0.4, 0.5) is 0 Å². The number of aliphatic hydroxyl groups is 1. The highest BCUT2D eigenvalue weighted by atomic mass is 16.2. The Labute approximate surface area is 151 Å². The van der Waals surface area contributed by atoms with Crippen molar-refractivity contribution in [2.24, 2.45) is 34.5 Å². The molecule has 24 heavy (non-hydrogen) atoms. The minimum absolute atomic E-state index is 0.191. The zero-order valence-corrected chi connectivity index (χ0v) is 17.2. The van der Waals surface area contributed by atoms with Crippen LogP contribution in [0.25, 0.3) is 0 Å². The summed E-state index contributed by atoms with van der Waals surface area (Å²) in [5.41, 5.74) is 2.38. The lowest BCUT2D eigenvalue weighted by molar-refractivity contribution is -0.0546. The van der Waals surface area contributed by atoms with E-state index >= 15 is 0 Å². The van der Waals surface area contributed by atoms with Gasteiger partial charge in [0.05, 0.1) is 6.61 Å². The van der Waals surface area contributed by atoms with Crippen LogP contribution in [0.2, 0.25) is 0 Å². The Bertz CT molecular complexity index is 435. The molecule has 0 radical (unpaired) electrons. The first-order valence-corrected chi connectivity index (χ1v) is 10.5. The smallest absolute Gasteiger partial charge is 0.0614 e. The molecule has 2 aliphatic rings. The van der Waals surface area contributed by atoms with Crippen LogP contribution in [-0.4, -0.2) is 11.7 Å². The number of hydrogen-bond donors (Lipinski definition) is 1. The van der Waals surface area contributed by atoms with Crippen molar-refractivity contribution < 1.29 is 5.11 Å². The molecule has 1 heteroatoms. The predicted octanol–water partition coefficient (Wildman–Crippen LogP) is 6.61. The maximum Gasteiger partial charge on any atom is 0.0614 e. The van der Waals surface area contributed by atoms with Gasteiger partial charge in [-0.2, -0.15) is 0 Å². The molecule has 2 fully saturated rings. The largest absolute Gasteiger partial charge is 0.392 e. The van der Waals surface area contributed by atoms with E-state index in [0.717, 1.165) is 30.1 Å². The molecule has 5 atom stereocenters. The minimum Gasteiger partial charge on any atom is -0.392 e. The van der Waals surface area contributed by atoms with E-state index in [1.807, 2.05) is 6.08 Å². The van der Waals surface area contributed by atoms with E-state index in [2.05, 4.69) is 41.5 Å². The van der Waals surface area contributed by atoms with Crippen molar-refractivity contribution in [1.82, 2.24) is 0 Å². The van der Waals surface area contributed by atoms with Crippen LogP contribution < -0.4 is 0 Å². The second-order valence-corrected chi connectivity index (χ2v) is 9.88. The lowest BCUT2D eigenvalue weighted by atomic mass is 9.50. The lowest BCUT2D eigenvalue weighted by Crippen LogP contribution is -2.47. The molecule has 0 aromatic carbocycles. The van der Waals surface area contributed by atoms with E-state index in [9.17, 15) is 5.11 Å². The molecular formula is C23H42O. The zero-order valence-electron chi connectivity index (χ0n) is 17.2. The molecule has 1 N–H and O–H groups in total. The van der Waals surface area contributed by atoms with Gasteiger partial charge in [0.15, 0.2) is 0 Å². The van der Waals surface area contributed by atoms with E-state index in [-0.39, 0.29) is 6.61 Å². The van der Waals surface area contributed by atoms with E-state index in [4.69, 9.17) is 0 Å². The summed E-state index contributed by atoms with van der Waals surface area (Å²) < 4.78 is 0. The molecule has 2 saturated carbocycles. The normalized spacial score (nSPS) is 40.0. The summed E-state index contributed by atoms with van der Waals surface area (Å²) in [6.07, 6.45) is 12.9. The fourth-order valence-electron chi connectivity index (χ4n) is 6.71. The van der Waals surface area contributed by atoms with Crippen molar-refractivity contribution in [2.45, 2.75) is 92.9 Å². The molecule has 0 aliphatic heterocycles. The van der Waals surface area contributed by atoms with Crippen LogP contribution in [-0.2, 0) is 0 Å². The number of allylic oxidation sites excluding steroid dienone is 1. The Morgan fingerprint density at radius 3 is 2.50 bits per heavy atom. The van der Waals surface area contributed by atoms with Gasteiger partial charge in [0.25, 0.3) is 0 Å². The molecule has 0 aromatic heterocycles. The average Bonchev–Trinajstić information content (AvgIpc) is 2.60. The highest BCUT2D eigenvalue weighted by Gasteiger charge is 2.53. The van der Waals surface area contributed by atoms with Crippen molar-refractivity contribution in [2.75, 3.05) is 6.61 Å². The number of fused-ring (bicyclic) bond motifs is 1.